The summed E-state index contributed by atoms with van der Waals surface area (Å²) in [6.07, 6.45) is 0. The van der Waals surface area contributed by atoms with Gasteiger partial charge in [-0.15, -0.1) is 0 Å². The predicted octanol–water partition coefficient (Wildman–Crippen LogP) is 4.00. The summed E-state index contributed by atoms with van der Waals surface area (Å²) in [4.78, 5) is 45.0. The molecule has 2 aromatic carbocycles. The monoisotopic (exact) mass is 468 g/mol. The molecule has 164 valence electrons. The summed E-state index contributed by atoms with van der Waals surface area (Å²) < 4.78 is 0. The summed E-state index contributed by atoms with van der Waals surface area (Å²) >= 11 is 11.9. The molecular formula is C19H18Cl2N4O6. The summed E-state index contributed by atoms with van der Waals surface area (Å²) in [5.74, 6) is -1.03. The van der Waals surface area contributed by atoms with Gasteiger partial charge in [-0.1, -0.05) is 37.0 Å². The second-order valence-corrected chi connectivity index (χ2v) is 8.19. The van der Waals surface area contributed by atoms with Gasteiger partial charge < -0.3 is 10.6 Å². The zero-order chi connectivity index (χ0) is 23.3. The van der Waals surface area contributed by atoms with E-state index in [1.165, 1.54) is 24.3 Å². The Hall–Kier alpha value is -3.24. The summed E-state index contributed by atoms with van der Waals surface area (Å²) in [5.41, 5.74) is -0.857. The third kappa shape index (κ3) is 6.37. The fraction of sp³-hybridized carbons (Fsp3) is 0.263. The first-order valence-electron chi connectivity index (χ1n) is 8.85. The molecule has 0 unspecified atom stereocenters. The molecule has 0 aliphatic rings. The molecule has 0 saturated carbocycles. The van der Waals surface area contributed by atoms with Crippen LogP contribution in [-0.2, 0) is 0 Å². The fourth-order valence-electron chi connectivity index (χ4n) is 2.50. The molecule has 2 amide bonds. The number of hydrogen-bond acceptors (Lipinski definition) is 6. The highest BCUT2D eigenvalue weighted by atomic mass is 35.5. The third-order valence-electron chi connectivity index (χ3n) is 4.27. The molecule has 0 spiro atoms. The highest BCUT2D eigenvalue weighted by Gasteiger charge is 2.23. The van der Waals surface area contributed by atoms with Crippen molar-refractivity contribution in [1.82, 2.24) is 10.6 Å². The maximum Gasteiger partial charge on any atom is 0.270 e. The van der Waals surface area contributed by atoms with Gasteiger partial charge in [0, 0.05) is 37.4 Å². The highest BCUT2D eigenvalue weighted by Crippen LogP contribution is 2.24. The minimum atomic E-state index is -0.615. The first kappa shape index (κ1) is 24.0. The quantitative estimate of drug-likeness (QED) is 0.442. The van der Waals surface area contributed by atoms with Crippen molar-refractivity contribution in [2.75, 3.05) is 13.1 Å². The molecule has 0 radical (unpaired) electrons. The molecule has 0 bridgehead atoms. The number of halogens is 2. The second kappa shape index (κ2) is 9.71. The Balaban J connectivity index is 1.96. The average Bonchev–Trinajstić information content (AvgIpc) is 2.70. The lowest BCUT2D eigenvalue weighted by Crippen LogP contribution is -2.42. The number of nitrogens with zero attached hydrogens (tertiary/aromatic N) is 2. The van der Waals surface area contributed by atoms with E-state index in [1.54, 1.807) is 13.8 Å². The van der Waals surface area contributed by atoms with Crippen LogP contribution < -0.4 is 10.6 Å². The maximum absolute atomic E-state index is 12.4. The van der Waals surface area contributed by atoms with E-state index >= 15 is 0 Å². The van der Waals surface area contributed by atoms with E-state index in [9.17, 15) is 29.8 Å². The van der Waals surface area contributed by atoms with Crippen molar-refractivity contribution >= 4 is 46.4 Å². The highest BCUT2D eigenvalue weighted by molar-refractivity contribution is 6.34. The van der Waals surface area contributed by atoms with Crippen LogP contribution in [0.3, 0.4) is 0 Å². The maximum atomic E-state index is 12.4. The van der Waals surface area contributed by atoms with Crippen LogP contribution in [0.5, 0.6) is 0 Å². The Bertz CT molecular complexity index is 976. The average molecular weight is 469 g/mol. The number of benzene rings is 2. The minimum absolute atomic E-state index is 0.0504. The Kier molecular flexibility index (Phi) is 7.53. The minimum Gasteiger partial charge on any atom is -0.351 e. The lowest BCUT2D eigenvalue weighted by atomic mass is 9.93. The van der Waals surface area contributed by atoms with Crippen molar-refractivity contribution in [3.63, 3.8) is 0 Å². The molecule has 0 atom stereocenters. The van der Waals surface area contributed by atoms with Crippen LogP contribution in [0.2, 0.25) is 10.0 Å². The molecule has 2 aromatic rings. The van der Waals surface area contributed by atoms with Crippen molar-refractivity contribution in [3.8, 4) is 0 Å². The van der Waals surface area contributed by atoms with Crippen LogP contribution >= 0.6 is 23.2 Å². The van der Waals surface area contributed by atoms with E-state index < -0.39 is 27.1 Å². The van der Waals surface area contributed by atoms with Crippen molar-refractivity contribution in [2.24, 2.45) is 5.41 Å². The summed E-state index contributed by atoms with van der Waals surface area (Å²) in [6, 6.07) is 7.08. The van der Waals surface area contributed by atoms with E-state index in [0.29, 0.717) is 0 Å². The van der Waals surface area contributed by atoms with Crippen LogP contribution in [0.15, 0.2) is 36.4 Å². The first-order chi connectivity index (χ1) is 14.4. The Morgan fingerprint density at radius 1 is 0.839 bits per heavy atom. The molecule has 10 nitrogen and oxygen atoms in total. The Morgan fingerprint density at radius 2 is 1.19 bits per heavy atom. The molecule has 0 saturated heterocycles. The van der Waals surface area contributed by atoms with Crippen LogP contribution in [0.25, 0.3) is 0 Å². The standard InChI is InChI=1S/C19H18Cl2N4O6/c1-19(2,9-22-17(26)13-5-3-11(24(28)29)7-15(13)20)10-23-18(27)14-6-4-12(25(30)31)8-16(14)21/h3-8H,9-10H2,1-2H3,(H,22,26)(H,23,27). The molecule has 31 heavy (non-hydrogen) atoms. The van der Waals surface area contributed by atoms with Gasteiger partial charge in [0.05, 0.1) is 31.0 Å². The fourth-order valence-corrected chi connectivity index (χ4v) is 3.02. The predicted molar refractivity (Wildman–Crippen MR) is 115 cm³/mol. The molecule has 2 N–H and O–H groups in total. The van der Waals surface area contributed by atoms with Gasteiger partial charge in [-0.05, 0) is 17.5 Å². The number of nitro groups is 2. The van der Waals surface area contributed by atoms with Gasteiger partial charge >= 0.3 is 0 Å². The Labute approximate surface area is 186 Å². The SMILES string of the molecule is CC(C)(CNC(=O)c1ccc([N+](=O)[O-])cc1Cl)CNC(=O)c1ccc([N+](=O)[O-])cc1Cl. The number of nitro benzene ring substituents is 2. The molecule has 0 aliphatic carbocycles. The number of rotatable bonds is 8. The van der Waals surface area contributed by atoms with E-state index in [4.69, 9.17) is 23.2 Å². The van der Waals surface area contributed by atoms with Crippen LogP contribution in [-0.4, -0.2) is 34.8 Å². The largest absolute Gasteiger partial charge is 0.351 e. The lowest BCUT2D eigenvalue weighted by Gasteiger charge is -2.25. The number of carbonyl (C=O) groups excluding carboxylic acids is 2. The number of hydrogen-bond donors (Lipinski definition) is 2. The zero-order valence-electron chi connectivity index (χ0n) is 16.5. The van der Waals surface area contributed by atoms with Crippen molar-refractivity contribution in [3.05, 3.63) is 77.8 Å². The van der Waals surface area contributed by atoms with E-state index in [0.717, 1.165) is 12.1 Å². The van der Waals surface area contributed by atoms with Gasteiger partial charge in [0.1, 0.15) is 0 Å². The van der Waals surface area contributed by atoms with Gasteiger partial charge in [-0.2, -0.15) is 0 Å². The third-order valence-corrected chi connectivity index (χ3v) is 4.90. The van der Waals surface area contributed by atoms with E-state index in [-0.39, 0.29) is 45.6 Å². The van der Waals surface area contributed by atoms with Gasteiger partial charge in [-0.25, -0.2) is 0 Å². The first-order valence-corrected chi connectivity index (χ1v) is 9.61. The van der Waals surface area contributed by atoms with Crippen molar-refractivity contribution in [2.45, 2.75) is 13.8 Å². The smallest absolute Gasteiger partial charge is 0.270 e. The van der Waals surface area contributed by atoms with Gasteiger partial charge in [0.15, 0.2) is 0 Å². The molecule has 12 heteroatoms. The lowest BCUT2D eigenvalue weighted by molar-refractivity contribution is -0.385. The van der Waals surface area contributed by atoms with Crippen molar-refractivity contribution in [1.29, 1.82) is 0 Å². The topological polar surface area (TPSA) is 144 Å². The van der Waals surface area contributed by atoms with E-state index in [1.807, 2.05) is 0 Å². The summed E-state index contributed by atoms with van der Waals surface area (Å²) in [7, 11) is 0. The zero-order valence-corrected chi connectivity index (χ0v) is 18.0. The van der Waals surface area contributed by atoms with Crippen LogP contribution in [0.4, 0.5) is 11.4 Å². The molecule has 2 rings (SSSR count). The van der Waals surface area contributed by atoms with Crippen LogP contribution in [0, 0.1) is 25.6 Å². The van der Waals surface area contributed by atoms with Gasteiger partial charge in [0.2, 0.25) is 0 Å². The van der Waals surface area contributed by atoms with Gasteiger partial charge in [0.25, 0.3) is 23.2 Å². The molecule has 0 fully saturated rings. The molecule has 0 aromatic heterocycles. The molecular weight excluding hydrogens is 451 g/mol. The second-order valence-electron chi connectivity index (χ2n) is 7.37. The van der Waals surface area contributed by atoms with Gasteiger partial charge in [-0.3, -0.25) is 29.8 Å². The number of nitrogens with one attached hydrogen (secondary N) is 2. The summed E-state index contributed by atoms with van der Waals surface area (Å²) in [5, 5.41) is 26.8. The number of amides is 2. The van der Waals surface area contributed by atoms with Crippen molar-refractivity contribution < 1.29 is 19.4 Å². The number of non-ortho nitro benzene ring substituents is 2. The van der Waals surface area contributed by atoms with Crippen LogP contribution in [0.1, 0.15) is 34.6 Å². The number of carbonyl (C=O) groups is 2. The Morgan fingerprint density at radius 3 is 1.48 bits per heavy atom. The molecule has 0 heterocycles. The normalized spacial score (nSPS) is 11.0. The summed E-state index contributed by atoms with van der Waals surface area (Å²) in [6.45, 7) is 3.91. The van der Waals surface area contributed by atoms with E-state index in [2.05, 4.69) is 10.6 Å². The molecule has 0 aliphatic heterocycles.